The van der Waals surface area contributed by atoms with Gasteiger partial charge in [0.2, 0.25) is 0 Å². The number of halogens is 4. The van der Waals surface area contributed by atoms with Crippen molar-refractivity contribution < 1.29 is 41.7 Å². The highest BCUT2D eigenvalue weighted by molar-refractivity contribution is 6.31. The van der Waals surface area contributed by atoms with Crippen molar-refractivity contribution in [3.63, 3.8) is 0 Å². The summed E-state index contributed by atoms with van der Waals surface area (Å²) in [7, 11) is 2.55. The predicted octanol–water partition coefficient (Wildman–Crippen LogP) is 6.21. The standard InChI is InChI=1S/C24H20ClF3N2O6/c1-12-11-29-17(13(2)31)10-16(12)30-23(32)22-20(34-4)7-14(25)8-21(22)35-18-6-5-15(9-19(18)33-3)36-24(26,27)28/h5-11H,1-4H3,(H,29,30,32). The van der Waals surface area contributed by atoms with Crippen LogP contribution in [0.4, 0.5) is 18.9 Å². The SMILES string of the molecule is COc1cc(OC(F)(F)F)ccc1Oc1cc(Cl)cc(OC)c1C(=O)Nc1cc(C(C)=O)ncc1C. The van der Waals surface area contributed by atoms with Gasteiger partial charge in [-0.2, -0.15) is 0 Å². The Balaban J connectivity index is 2.02. The van der Waals surface area contributed by atoms with Gasteiger partial charge in [-0.25, -0.2) is 0 Å². The second-order valence-electron chi connectivity index (χ2n) is 7.34. The van der Waals surface area contributed by atoms with Gasteiger partial charge in [0, 0.05) is 36.0 Å². The van der Waals surface area contributed by atoms with Crippen LogP contribution in [0.3, 0.4) is 0 Å². The van der Waals surface area contributed by atoms with E-state index in [4.69, 9.17) is 25.8 Å². The third-order valence-corrected chi connectivity index (χ3v) is 5.00. The topological polar surface area (TPSA) is 96.0 Å². The van der Waals surface area contributed by atoms with Crippen LogP contribution in [-0.4, -0.2) is 37.3 Å². The molecule has 1 heterocycles. The van der Waals surface area contributed by atoms with E-state index < -0.39 is 18.0 Å². The molecule has 12 heteroatoms. The third-order valence-electron chi connectivity index (χ3n) is 4.78. The molecule has 0 bridgehead atoms. The first-order valence-electron chi connectivity index (χ1n) is 10.2. The number of ether oxygens (including phenoxy) is 4. The fourth-order valence-corrected chi connectivity index (χ4v) is 3.30. The second-order valence-corrected chi connectivity index (χ2v) is 7.77. The zero-order chi connectivity index (χ0) is 26.6. The van der Waals surface area contributed by atoms with Crippen LogP contribution in [0.25, 0.3) is 0 Å². The van der Waals surface area contributed by atoms with Crippen LogP contribution in [0.5, 0.6) is 28.7 Å². The lowest BCUT2D eigenvalue weighted by Crippen LogP contribution is -2.17. The molecule has 1 N–H and O–H groups in total. The first-order chi connectivity index (χ1) is 16.9. The molecule has 0 spiro atoms. The number of nitrogens with one attached hydrogen (secondary N) is 1. The Hall–Kier alpha value is -3.99. The number of methoxy groups -OCH3 is 2. The number of carbonyl (C=O) groups excluding carboxylic acids is 2. The van der Waals surface area contributed by atoms with Crippen LogP contribution in [0, 0.1) is 6.92 Å². The Bertz CT molecular complexity index is 1310. The predicted molar refractivity (Wildman–Crippen MR) is 125 cm³/mol. The number of Topliss-reactive ketones (excluding diaryl/α,β-unsaturated/α-hetero) is 1. The smallest absolute Gasteiger partial charge is 0.496 e. The van der Waals surface area contributed by atoms with Gasteiger partial charge in [-0.3, -0.25) is 14.6 Å². The minimum absolute atomic E-state index is 0.0237. The molecular weight excluding hydrogens is 505 g/mol. The first-order valence-corrected chi connectivity index (χ1v) is 10.6. The normalized spacial score (nSPS) is 11.0. The summed E-state index contributed by atoms with van der Waals surface area (Å²) in [5.74, 6) is -1.62. The number of hydrogen-bond donors (Lipinski definition) is 1. The molecule has 0 radical (unpaired) electrons. The number of pyridine rings is 1. The molecule has 0 saturated heterocycles. The van der Waals surface area contributed by atoms with E-state index in [2.05, 4.69) is 15.0 Å². The molecule has 0 unspecified atom stereocenters. The van der Waals surface area contributed by atoms with Crippen molar-refractivity contribution in [2.45, 2.75) is 20.2 Å². The fraction of sp³-hybridized carbons (Fsp3) is 0.208. The Morgan fingerprint density at radius 1 is 0.972 bits per heavy atom. The summed E-state index contributed by atoms with van der Waals surface area (Å²) < 4.78 is 57.9. The monoisotopic (exact) mass is 524 g/mol. The number of nitrogens with zero attached hydrogens (tertiary/aromatic N) is 1. The van der Waals surface area contributed by atoms with Gasteiger partial charge >= 0.3 is 6.36 Å². The van der Waals surface area contributed by atoms with Gasteiger partial charge in [-0.1, -0.05) is 11.6 Å². The Kier molecular flexibility index (Phi) is 7.93. The maximum atomic E-state index is 13.3. The quantitative estimate of drug-likeness (QED) is 0.350. The first kappa shape index (κ1) is 26.6. The highest BCUT2D eigenvalue weighted by Crippen LogP contribution is 2.41. The van der Waals surface area contributed by atoms with Crippen LogP contribution in [0.2, 0.25) is 5.02 Å². The highest BCUT2D eigenvalue weighted by Gasteiger charge is 2.31. The van der Waals surface area contributed by atoms with Crippen LogP contribution >= 0.6 is 11.6 Å². The minimum Gasteiger partial charge on any atom is -0.496 e. The lowest BCUT2D eigenvalue weighted by molar-refractivity contribution is -0.274. The highest BCUT2D eigenvalue weighted by atomic mass is 35.5. The summed E-state index contributed by atoms with van der Waals surface area (Å²) in [6, 6.07) is 7.34. The second kappa shape index (κ2) is 10.7. The van der Waals surface area contributed by atoms with Gasteiger partial charge in [-0.15, -0.1) is 13.2 Å². The third kappa shape index (κ3) is 6.36. The summed E-state index contributed by atoms with van der Waals surface area (Å²) in [6.45, 7) is 3.04. The lowest BCUT2D eigenvalue weighted by Gasteiger charge is -2.18. The largest absolute Gasteiger partial charge is 0.573 e. The summed E-state index contributed by atoms with van der Waals surface area (Å²) >= 11 is 6.17. The van der Waals surface area contributed by atoms with Crippen molar-refractivity contribution in [2.24, 2.45) is 0 Å². The van der Waals surface area contributed by atoms with Gasteiger partial charge in [0.05, 0.1) is 14.2 Å². The number of aryl methyl sites for hydroxylation is 1. The van der Waals surface area contributed by atoms with E-state index >= 15 is 0 Å². The van der Waals surface area contributed by atoms with Crippen molar-refractivity contribution in [1.29, 1.82) is 0 Å². The maximum Gasteiger partial charge on any atom is 0.573 e. The van der Waals surface area contributed by atoms with E-state index in [1.807, 2.05) is 0 Å². The number of amides is 1. The lowest BCUT2D eigenvalue weighted by atomic mass is 10.1. The molecule has 0 aliphatic heterocycles. The Morgan fingerprint density at radius 3 is 2.25 bits per heavy atom. The molecule has 2 aromatic carbocycles. The van der Waals surface area contributed by atoms with Gasteiger partial charge in [-0.05, 0) is 36.8 Å². The molecule has 36 heavy (non-hydrogen) atoms. The Labute approximate surface area is 208 Å². The molecule has 1 aromatic heterocycles. The molecule has 190 valence electrons. The Morgan fingerprint density at radius 2 is 1.64 bits per heavy atom. The van der Waals surface area contributed by atoms with E-state index in [9.17, 15) is 22.8 Å². The number of ketones is 1. The van der Waals surface area contributed by atoms with Crippen molar-refractivity contribution in [1.82, 2.24) is 4.98 Å². The average Bonchev–Trinajstić information content (AvgIpc) is 2.79. The van der Waals surface area contributed by atoms with Crippen LogP contribution < -0.4 is 24.3 Å². The molecule has 0 fully saturated rings. The van der Waals surface area contributed by atoms with Crippen molar-refractivity contribution in [3.05, 3.63) is 64.4 Å². The zero-order valence-corrected chi connectivity index (χ0v) is 20.2. The molecule has 3 rings (SSSR count). The van der Waals surface area contributed by atoms with Gasteiger partial charge in [0.25, 0.3) is 5.91 Å². The molecule has 0 aliphatic carbocycles. The van der Waals surface area contributed by atoms with Crippen LogP contribution in [0.1, 0.15) is 33.3 Å². The fourth-order valence-electron chi connectivity index (χ4n) is 3.11. The number of rotatable bonds is 8. The van der Waals surface area contributed by atoms with Crippen molar-refractivity contribution >= 4 is 29.0 Å². The van der Waals surface area contributed by atoms with E-state index in [0.29, 0.717) is 11.3 Å². The minimum atomic E-state index is -4.90. The number of alkyl halides is 3. The van der Waals surface area contributed by atoms with E-state index in [1.54, 1.807) is 6.92 Å². The van der Waals surface area contributed by atoms with Crippen LogP contribution in [-0.2, 0) is 0 Å². The number of anilines is 1. The summed E-state index contributed by atoms with van der Waals surface area (Å²) in [5.41, 5.74) is 1.00. The number of hydrogen-bond acceptors (Lipinski definition) is 7. The molecule has 0 saturated carbocycles. The molecule has 8 nitrogen and oxygen atoms in total. The zero-order valence-electron chi connectivity index (χ0n) is 19.5. The van der Waals surface area contributed by atoms with Crippen molar-refractivity contribution in [2.75, 3.05) is 19.5 Å². The molecule has 0 atom stereocenters. The molecular formula is C24H20ClF3N2O6. The molecule has 0 aliphatic rings. The number of aromatic nitrogens is 1. The van der Waals surface area contributed by atoms with E-state index in [1.165, 1.54) is 51.6 Å². The van der Waals surface area contributed by atoms with Gasteiger partial charge < -0.3 is 24.3 Å². The average molecular weight is 525 g/mol. The van der Waals surface area contributed by atoms with E-state index in [-0.39, 0.29) is 45.1 Å². The van der Waals surface area contributed by atoms with Crippen molar-refractivity contribution in [3.8, 4) is 28.7 Å². The molecule has 1 amide bonds. The van der Waals surface area contributed by atoms with E-state index in [0.717, 1.165) is 12.1 Å². The summed E-state index contributed by atoms with van der Waals surface area (Å²) in [4.78, 5) is 29.1. The van der Waals surface area contributed by atoms with Crippen LogP contribution in [0.15, 0.2) is 42.6 Å². The number of carbonyl (C=O) groups is 2. The molecule has 3 aromatic rings. The number of benzene rings is 2. The summed E-state index contributed by atoms with van der Waals surface area (Å²) in [6.07, 6.45) is -3.45. The van der Waals surface area contributed by atoms with Gasteiger partial charge in [0.15, 0.2) is 17.3 Å². The van der Waals surface area contributed by atoms with Gasteiger partial charge in [0.1, 0.15) is 28.5 Å². The maximum absolute atomic E-state index is 13.3. The summed E-state index contributed by atoms with van der Waals surface area (Å²) in [5, 5.41) is 2.86.